The van der Waals surface area contributed by atoms with Crippen LogP contribution in [-0.2, 0) is 12.4 Å². The molecule has 8 nitrogen and oxygen atoms in total. The molecule has 150 valence electrons. The summed E-state index contributed by atoms with van der Waals surface area (Å²) < 4.78 is 12.5. The maximum Gasteiger partial charge on any atom is 0.237 e. The number of thioether (sulfide) groups is 1. The van der Waals surface area contributed by atoms with Gasteiger partial charge in [0.1, 0.15) is 12.4 Å². The second-order valence-corrected chi connectivity index (χ2v) is 8.45. The first-order chi connectivity index (χ1) is 14.1. The lowest BCUT2D eigenvalue weighted by molar-refractivity contribution is 0.291. The molecule has 0 saturated heterocycles. The molecule has 2 N–H and O–H groups in total. The van der Waals surface area contributed by atoms with Crippen LogP contribution in [0.15, 0.2) is 51.5 Å². The van der Waals surface area contributed by atoms with Crippen molar-refractivity contribution in [3.05, 3.63) is 59.1 Å². The predicted octanol–water partition coefficient (Wildman–Crippen LogP) is 4.10. The molecule has 0 aliphatic heterocycles. The van der Waals surface area contributed by atoms with Crippen molar-refractivity contribution in [3.63, 3.8) is 0 Å². The van der Waals surface area contributed by atoms with Crippen LogP contribution < -0.4 is 10.6 Å². The molecule has 0 atom stereocenters. The molecular weight excluding hydrogens is 408 g/mol. The lowest BCUT2D eigenvalue weighted by atomic mass is 10.0. The minimum absolute atomic E-state index is 0.230. The normalized spacial score (nSPS) is 11.3. The average molecular weight is 429 g/mol. The summed E-state index contributed by atoms with van der Waals surface area (Å²) in [5, 5.41) is 14.7. The van der Waals surface area contributed by atoms with Gasteiger partial charge in [-0.2, -0.15) is 4.98 Å². The van der Waals surface area contributed by atoms with Gasteiger partial charge in [-0.15, -0.1) is 21.5 Å². The minimum atomic E-state index is 0.230. The SMILES string of the molecule is CC(C)c1ccc(OCc2nnc(SCc3nc(-c4cccs4)no3)n2N)cc1. The van der Waals surface area contributed by atoms with E-state index in [2.05, 4.69) is 46.3 Å². The Bertz CT molecular complexity index is 1060. The van der Waals surface area contributed by atoms with Gasteiger partial charge in [0.2, 0.25) is 16.9 Å². The summed E-state index contributed by atoms with van der Waals surface area (Å²) in [6.07, 6.45) is 0. The number of hydrogen-bond donors (Lipinski definition) is 1. The van der Waals surface area contributed by atoms with Crippen LogP contribution in [0.25, 0.3) is 10.7 Å². The van der Waals surface area contributed by atoms with Crippen LogP contribution in [0.2, 0.25) is 0 Å². The van der Waals surface area contributed by atoms with Gasteiger partial charge in [-0.05, 0) is 35.1 Å². The second-order valence-electron chi connectivity index (χ2n) is 6.56. The molecule has 3 aromatic heterocycles. The lowest BCUT2D eigenvalue weighted by Crippen LogP contribution is -2.15. The van der Waals surface area contributed by atoms with E-state index in [0.29, 0.717) is 34.4 Å². The third kappa shape index (κ3) is 4.60. The lowest BCUT2D eigenvalue weighted by Gasteiger charge is -2.08. The molecule has 4 aromatic rings. The van der Waals surface area contributed by atoms with Crippen molar-refractivity contribution in [1.82, 2.24) is 25.0 Å². The van der Waals surface area contributed by atoms with E-state index in [-0.39, 0.29) is 6.61 Å². The molecule has 0 bridgehead atoms. The van der Waals surface area contributed by atoms with Gasteiger partial charge in [-0.25, -0.2) is 4.68 Å². The van der Waals surface area contributed by atoms with E-state index >= 15 is 0 Å². The quantitative estimate of drug-likeness (QED) is 0.330. The van der Waals surface area contributed by atoms with Crippen LogP contribution in [0, 0.1) is 0 Å². The maximum atomic E-state index is 6.10. The zero-order valence-corrected chi connectivity index (χ0v) is 17.6. The van der Waals surface area contributed by atoms with Crippen molar-refractivity contribution < 1.29 is 9.26 Å². The summed E-state index contributed by atoms with van der Waals surface area (Å²) in [6.45, 7) is 4.54. The van der Waals surface area contributed by atoms with Crippen molar-refractivity contribution in [3.8, 4) is 16.5 Å². The van der Waals surface area contributed by atoms with Crippen LogP contribution in [0.1, 0.15) is 37.0 Å². The summed E-state index contributed by atoms with van der Waals surface area (Å²) in [5.74, 6) is 9.42. The molecule has 1 aromatic carbocycles. The molecule has 0 unspecified atom stereocenters. The second kappa shape index (κ2) is 8.66. The zero-order valence-electron chi connectivity index (χ0n) is 16.0. The van der Waals surface area contributed by atoms with E-state index in [1.807, 2.05) is 29.6 Å². The largest absolute Gasteiger partial charge is 0.486 e. The fraction of sp³-hybridized carbons (Fsp3) is 0.263. The Morgan fingerprint density at radius 1 is 1.21 bits per heavy atom. The Morgan fingerprint density at radius 2 is 2.03 bits per heavy atom. The summed E-state index contributed by atoms with van der Waals surface area (Å²) >= 11 is 2.94. The fourth-order valence-electron chi connectivity index (χ4n) is 2.55. The Balaban J connectivity index is 1.33. The first-order valence-corrected chi connectivity index (χ1v) is 10.9. The molecule has 29 heavy (non-hydrogen) atoms. The number of rotatable bonds is 8. The van der Waals surface area contributed by atoms with Gasteiger partial charge >= 0.3 is 0 Å². The third-order valence-electron chi connectivity index (χ3n) is 4.18. The minimum Gasteiger partial charge on any atom is -0.486 e. The topological polar surface area (TPSA) is 105 Å². The monoisotopic (exact) mass is 428 g/mol. The number of nitrogen functional groups attached to an aromatic ring is 1. The van der Waals surface area contributed by atoms with Crippen molar-refractivity contribution in [1.29, 1.82) is 0 Å². The average Bonchev–Trinajstić information content (AvgIpc) is 3.47. The molecular formula is C19H20N6O2S2. The van der Waals surface area contributed by atoms with Gasteiger partial charge < -0.3 is 15.1 Å². The highest BCUT2D eigenvalue weighted by Gasteiger charge is 2.14. The van der Waals surface area contributed by atoms with Gasteiger partial charge in [-0.3, -0.25) is 0 Å². The smallest absolute Gasteiger partial charge is 0.237 e. The maximum absolute atomic E-state index is 6.10. The van der Waals surface area contributed by atoms with Crippen LogP contribution >= 0.6 is 23.1 Å². The van der Waals surface area contributed by atoms with Crippen molar-refractivity contribution in [2.24, 2.45) is 0 Å². The summed E-state index contributed by atoms with van der Waals surface area (Å²) in [5.41, 5.74) is 1.27. The van der Waals surface area contributed by atoms with Crippen LogP contribution in [0.4, 0.5) is 0 Å². The van der Waals surface area contributed by atoms with Crippen molar-refractivity contribution in [2.75, 3.05) is 5.84 Å². The third-order valence-corrected chi connectivity index (χ3v) is 5.98. The molecule has 3 heterocycles. The van der Waals surface area contributed by atoms with Gasteiger partial charge in [0.05, 0.1) is 10.6 Å². The van der Waals surface area contributed by atoms with Crippen LogP contribution in [0.3, 0.4) is 0 Å². The summed E-state index contributed by atoms with van der Waals surface area (Å²) in [4.78, 5) is 5.35. The molecule has 0 radical (unpaired) electrons. The van der Waals surface area contributed by atoms with E-state index in [1.165, 1.54) is 22.0 Å². The highest BCUT2D eigenvalue weighted by Crippen LogP contribution is 2.25. The van der Waals surface area contributed by atoms with Gasteiger partial charge in [0, 0.05) is 0 Å². The molecule has 0 aliphatic rings. The first kappa shape index (κ1) is 19.5. The standard InChI is InChI=1S/C19H20N6O2S2/c1-12(2)13-5-7-14(8-6-13)26-10-16-22-23-19(25(16)20)29-11-17-21-18(24-27-17)15-4-3-9-28-15/h3-9,12H,10-11,20H2,1-2H3. The molecule has 10 heteroatoms. The van der Waals surface area contributed by atoms with E-state index in [9.17, 15) is 0 Å². The molecule has 0 spiro atoms. The summed E-state index contributed by atoms with van der Waals surface area (Å²) in [6, 6.07) is 11.9. The number of aromatic nitrogens is 5. The van der Waals surface area contributed by atoms with Crippen molar-refractivity contribution in [2.45, 2.75) is 37.3 Å². The van der Waals surface area contributed by atoms with Crippen LogP contribution in [0.5, 0.6) is 5.75 Å². The van der Waals surface area contributed by atoms with Crippen LogP contribution in [-0.4, -0.2) is 25.0 Å². The van der Waals surface area contributed by atoms with E-state index in [4.69, 9.17) is 15.1 Å². The number of hydrogen-bond acceptors (Lipinski definition) is 9. The van der Waals surface area contributed by atoms with Gasteiger partial charge in [-0.1, -0.05) is 49.0 Å². The molecule has 0 aliphatic carbocycles. The Morgan fingerprint density at radius 3 is 2.76 bits per heavy atom. The first-order valence-electron chi connectivity index (χ1n) is 9.01. The Hall–Kier alpha value is -2.85. The van der Waals surface area contributed by atoms with Gasteiger partial charge in [0.25, 0.3) is 0 Å². The number of ether oxygens (including phenoxy) is 1. The Labute approximate surface area is 176 Å². The molecule has 4 rings (SSSR count). The Kier molecular flexibility index (Phi) is 5.81. The highest BCUT2D eigenvalue weighted by molar-refractivity contribution is 7.98. The fourth-order valence-corrected chi connectivity index (χ4v) is 3.91. The number of benzene rings is 1. The number of nitrogens with zero attached hydrogens (tertiary/aromatic N) is 5. The number of thiophene rings is 1. The molecule has 0 fully saturated rings. The molecule has 0 amide bonds. The van der Waals surface area contributed by atoms with Crippen molar-refractivity contribution >= 4 is 23.1 Å². The predicted molar refractivity (Wildman–Crippen MR) is 112 cm³/mol. The van der Waals surface area contributed by atoms with E-state index in [1.54, 1.807) is 11.3 Å². The van der Waals surface area contributed by atoms with Gasteiger partial charge in [0.15, 0.2) is 5.82 Å². The summed E-state index contributed by atoms with van der Waals surface area (Å²) in [7, 11) is 0. The van der Waals surface area contributed by atoms with E-state index in [0.717, 1.165) is 10.6 Å². The zero-order chi connectivity index (χ0) is 20.2. The molecule has 0 saturated carbocycles. The van der Waals surface area contributed by atoms with E-state index < -0.39 is 0 Å². The highest BCUT2D eigenvalue weighted by atomic mass is 32.2. The number of nitrogens with two attached hydrogens (primary N) is 1.